The molecule has 0 aromatic carbocycles. The van der Waals surface area contributed by atoms with Gasteiger partial charge in [-0.3, -0.25) is 0 Å². The Hall–Kier alpha value is -0.590. The molecule has 5 nitrogen and oxygen atoms in total. The second-order valence-corrected chi connectivity index (χ2v) is 5.25. The van der Waals surface area contributed by atoms with Crippen LogP contribution in [-0.2, 0) is 4.74 Å². The number of nitrogens with zero attached hydrogens (tertiary/aromatic N) is 2. The van der Waals surface area contributed by atoms with E-state index in [9.17, 15) is 0 Å². The molecule has 0 saturated carbocycles. The predicted molar refractivity (Wildman–Crippen MR) is 67.3 cm³/mol. The highest BCUT2D eigenvalue weighted by atomic mass is 32.2. The Morgan fingerprint density at radius 3 is 3.12 bits per heavy atom. The Morgan fingerprint density at radius 1 is 1.59 bits per heavy atom. The van der Waals surface area contributed by atoms with E-state index in [2.05, 4.69) is 22.4 Å². The fraction of sp³-hybridized carbons (Fsp3) is 0.818. The molecule has 0 bridgehead atoms. The van der Waals surface area contributed by atoms with Gasteiger partial charge in [-0.05, 0) is 13.5 Å². The summed E-state index contributed by atoms with van der Waals surface area (Å²) in [6.07, 6.45) is -0.112. The molecular formula is C11H19N3O2S. The predicted octanol–water partition coefficient (Wildman–Crippen LogP) is 1.59. The second kappa shape index (κ2) is 5.84. The largest absolute Gasteiger partial charge is 0.374 e. The monoisotopic (exact) mass is 257 g/mol. The highest BCUT2D eigenvalue weighted by Crippen LogP contribution is 2.32. The van der Waals surface area contributed by atoms with Gasteiger partial charge in [0.05, 0.1) is 5.92 Å². The first-order valence-electron chi connectivity index (χ1n) is 5.93. The minimum absolute atomic E-state index is 0.112. The van der Waals surface area contributed by atoms with Crippen molar-refractivity contribution in [3.05, 3.63) is 11.7 Å². The molecule has 1 fully saturated rings. The van der Waals surface area contributed by atoms with Gasteiger partial charge in [0.25, 0.3) is 0 Å². The third-order valence-corrected chi connectivity index (χ3v) is 4.23. The highest BCUT2D eigenvalue weighted by Gasteiger charge is 2.33. The number of methoxy groups -OCH3 is 1. The maximum atomic E-state index is 5.35. The summed E-state index contributed by atoms with van der Waals surface area (Å²) < 4.78 is 10.5. The lowest BCUT2D eigenvalue weighted by atomic mass is 10.0. The van der Waals surface area contributed by atoms with Gasteiger partial charge in [-0.2, -0.15) is 16.7 Å². The molecule has 2 heterocycles. The topological polar surface area (TPSA) is 60.2 Å². The van der Waals surface area contributed by atoms with Crippen molar-refractivity contribution in [1.82, 2.24) is 15.5 Å². The van der Waals surface area contributed by atoms with Gasteiger partial charge < -0.3 is 14.6 Å². The number of likely N-dealkylation sites (N-methyl/N-ethyl adjacent to an activating group) is 1. The SMILES string of the molecule is CCNC1CSCC1c1nc(C(C)OC)no1. The minimum atomic E-state index is -0.112. The molecule has 1 aliphatic rings. The third-order valence-electron chi connectivity index (χ3n) is 3.04. The van der Waals surface area contributed by atoms with Gasteiger partial charge >= 0.3 is 0 Å². The van der Waals surface area contributed by atoms with E-state index in [0.29, 0.717) is 17.8 Å². The molecule has 1 N–H and O–H groups in total. The number of hydrogen-bond acceptors (Lipinski definition) is 6. The lowest BCUT2D eigenvalue weighted by molar-refractivity contribution is 0.109. The van der Waals surface area contributed by atoms with Crippen LogP contribution in [0.4, 0.5) is 0 Å². The molecule has 1 aromatic heterocycles. The van der Waals surface area contributed by atoms with Crippen molar-refractivity contribution < 1.29 is 9.26 Å². The van der Waals surface area contributed by atoms with E-state index in [1.54, 1.807) is 7.11 Å². The summed E-state index contributed by atoms with van der Waals surface area (Å²) in [5, 5.41) is 7.44. The van der Waals surface area contributed by atoms with E-state index < -0.39 is 0 Å². The van der Waals surface area contributed by atoms with Crippen molar-refractivity contribution in [2.45, 2.75) is 31.9 Å². The van der Waals surface area contributed by atoms with E-state index in [-0.39, 0.29) is 6.10 Å². The average Bonchev–Trinajstić information content (AvgIpc) is 2.96. The van der Waals surface area contributed by atoms with Crippen molar-refractivity contribution in [3.63, 3.8) is 0 Å². The lowest BCUT2D eigenvalue weighted by Crippen LogP contribution is -2.34. The fourth-order valence-electron chi connectivity index (χ4n) is 1.93. The zero-order valence-corrected chi connectivity index (χ0v) is 11.3. The molecule has 0 amide bonds. The van der Waals surface area contributed by atoms with Gasteiger partial charge in [-0.15, -0.1) is 0 Å². The molecule has 1 aromatic rings. The average molecular weight is 257 g/mol. The van der Waals surface area contributed by atoms with Crippen molar-refractivity contribution in [3.8, 4) is 0 Å². The Morgan fingerprint density at radius 2 is 2.41 bits per heavy atom. The minimum Gasteiger partial charge on any atom is -0.374 e. The highest BCUT2D eigenvalue weighted by molar-refractivity contribution is 7.99. The molecule has 17 heavy (non-hydrogen) atoms. The maximum Gasteiger partial charge on any atom is 0.232 e. The van der Waals surface area contributed by atoms with Crippen molar-refractivity contribution in [2.75, 3.05) is 25.2 Å². The molecule has 2 rings (SSSR count). The molecule has 0 aliphatic carbocycles. The summed E-state index contributed by atoms with van der Waals surface area (Å²) in [4.78, 5) is 4.44. The van der Waals surface area contributed by atoms with Crippen LogP contribution in [0.1, 0.15) is 37.6 Å². The third kappa shape index (κ3) is 2.81. The van der Waals surface area contributed by atoms with Crippen LogP contribution in [0.25, 0.3) is 0 Å². The number of hydrogen-bond donors (Lipinski definition) is 1. The summed E-state index contributed by atoms with van der Waals surface area (Å²) in [6.45, 7) is 5.00. The standard InChI is InChI=1S/C11H19N3O2S/c1-4-12-9-6-17-5-8(9)11-13-10(14-16-11)7(2)15-3/h7-9,12H,4-6H2,1-3H3. The summed E-state index contributed by atoms with van der Waals surface area (Å²) in [6, 6.07) is 0.441. The van der Waals surface area contributed by atoms with Gasteiger partial charge in [0.15, 0.2) is 5.82 Å². The van der Waals surface area contributed by atoms with Crippen LogP contribution in [0, 0.1) is 0 Å². The number of aromatic nitrogens is 2. The molecule has 3 atom stereocenters. The van der Waals surface area contributed by atoms with Gasteiger partial charge in [0, 0.05) is 24.7 Å². The van der Waals surface area contributed by atoms with E-state index in [1.165, 1.54) is 0 Å². The zero-order chi connectivity index (χ0) is 12.3. The summed E-state index contributed by atoms with van der Waals surface area (Å²) in [5.41, 5.74) is 0. The van der Waals surface area contributed by atoms with Crippen LogP contribution in [0.5, 0.6) is 0 Å². The molecule has 3 unspecified atom stereocenters. The van der Waals surface area contributed by atoms with Crippen LogP contribution >= 0.6 is 11.8 Å². The van der Waals surface area contributed by atoms with E-state index in [0.717, 1.165) is 23.9 Å². The second-order valence-electron chi connectivity index (χ2n) is 4.18. The Balaban J connectivity index is 2.08. The molecule has 0 spiro atoms. The van der Waals surface area contributed by atoms with E-state index in [4.69, 9.17) is 9.26 Å². The zero-order valence-electron chi connectivity index (χ0n) is 10.5. The molecule has 1 saturated heterocycles. The van der Waals surface area contributed by atoms with Gasteiger partial charge in [0.2, 0.25) is 5.89 Å². The van der Waals surface area contributed by atoms with Crippen LogP contribution in [0.15, 0.2) is 4.52 Å². The Bertz CT molecular complexity index is 358. The van der Waals surface area contributed by atoms with Gasteiger partial charge in [0.1, 0.15) is 6.10 Å². The molecule has 1 aliphatic heterocycles. The van der Waals surface area contributed by atoms with Gasteiger partial charge in [-0.25, -0.2) is 0 Å². The lowest BCUT2D eigenvalue weighted by Gasteiger charge is -2.15. The summed E-state index contributed by atoms with van der Waals surface area (Å²) in [7, 11) is 1.65. The molecule has 0 radical (unpaired) electrons. The quantitative estimate of drug-likeness (QED) is 0.864. The van der Waals surface area contributed by atoms with Crippen molar-refractivity contribution >= 4 is 11.8 Å². The first-order chi connectivity index (χ1) is 8.26. The normalized spacial score (nSPS) is 26.3. The number of thioether (sulfide) groups is 1. The van der Waals surface area contributed by atoms with Crippen LogP contribution in [-0.4, -0.2) is 41.3 Å². The number of ether oxygens (including phenoxy) is 1. The van der Waals surface area contributed by atoms with E-state index >= 15 is 0 Å². The molecule has 96 valence electrons. The smallest absolute Gasteiger partial charge is 0.232 e. The van der Waals surface area contributed by atoms with E-state index in [1.807, 2.05) is 18.7 Å². The number of nitrogens with one attached hydrogen (secondary N) is 1. The van der Waals surface area contributed by atoms with Crippen molar-refractivity contribution in [2.24, 2.45) is 0 Å². The van der Waals surface area contributed by atoms with Gasteiger partial charge in [-0.1, -0.05) is 12.1 Å². The van der Waals surface area contributed by atoms with Crippen LogP contribution in [0.3, 0.4) is 0 Å². The Labute approximate surface area is 106 Å². The van der Waals surface area contributed by atoms with Crippen LogP contribution < -0.4 is 5.32 Å². The summed E-state index contributed by atoms with van der Waals surface area (Å²) >= 11 is 1.93. The maximum absolute atomic E-state index is 5.35. The van der Waals surface area contributed by atoms with Crippen molar-refractivity contribution in [1.29, 1.82) is 0 Å². The summed E-state index contributed by atoms with van der Waals surface area (Å²) in [5.74, 6) is 3.84. The first-order valence-corrected chi connectivity index (χ1v) is 7.09. The first kappa shape index (κ1) is 12.9. The van der Waals surface area contributed by atoms with Crippen LogP contribution in [0.2, 0.25) is 0 Å². The Kier molecular flexibility index (Phi) is 4.42. The number of rotatable bonds is 5. The fourth-order valence-corrected chi connectivity index (χ4v) is 3.30. The molecular weight excluding hydrogens is 238 g/mol. The molecule has 6 heteroatoms.